The van der Waals surface area contributed by atoms with Gasteiger partial charge in [0, 0.05) is 144 Å². The number of carbonyl (C=O) groups is 6. The van der Waals surface area contributed by atoms with Crippen molar-refractivity contribution in [3.05, 3.63) is 28.8 Å². The van der Waals surface area contributed by atoms with Crippen LogP contribution in [0.3, 0.4) is 0 Å². The lowest BCUT2D eigenvalue weighted by Gasteiger charge is -2.53. The Morgan fingerprint density at radius 2 is 0.590 bits per heavy atom. The van der Waals surface area contributed by atoms with E-state index in [4.69, 9.17) is 28.4 Å². The molecule has 6 saturated heterocycles. The summed E-state index contributed by atoms with van der Waals surface area (Å²) in [7, 11) is 8.49. The minimum absolute atomic E-state index is 0.0709. The summed E-state index contributed by atoms with van der Waals surface area (Å²) in [5, 5.41) is 18.6. The molecule has 105 heavy (non-hydrogen) atoms. The van der Waals surface area contributed by atoms with Crippen molar-refractivity contribution in [1.29, 1.82) is 0 Å². The van der Waals surface area contributed by atoms with Crippen LogP contribution < -0.4 is 10.6 Å². The molecule has 604 valence electrons. The number of phenols is 1. The quantitative estimate of drug-likeness (QED) is 0.0751. The van der Waals surface area contributed by atoms with Gasteiger partial charge in [0.1, 0.15) is 55.2 Å². The Kier molecular flexibility index (Phi) is 27.9. The summed E-state index contributed by atoms with van der Waals surface area (Å²) in [6, 6.07) is 3.99. The number of ether oxygens (including phenoxy) is 6. The minimum atomic E-state index is -1.54. The molecule has 0 atom stereocenters. The maximum absolute atomic E-state index is 15.0. The summed E-state index contributed by atoms with van der Waals surface area (Å²) in [5.74, 6) is -2.65. The SMILES string of the molecule is CC1(C)CC(OC(=O)CC(=O)OC2CC(C)(C)NC(C)(C)C2)CC(C)(C)N1.CCCCC(Cc1cc(C(C)(C)C)c(O)c(C(C)(C)C)c1)(C(=O)OC1CC(C)(C)N(C)C(C)(C)C1)C(=O)OC1CC(C)(C)N(C)C(C)(C)C1.CN1C(C)(C)CC(OC(=O)CC(=O)OC2CC(C)(C)N(C)C(C)(C)C2)CC1(C)C. The van der Waals surface area contributed by atoms with Crippen molar-refractivity contribution in [2.45, 2.75) is 444 Å². The number of unbranched alkanes of at least 4 members (excludes halogenated alkanes) is 1. The van der Waals surface area contributed by atoms with Crippen molar-refractivity contribution in [2.75, 3.05) is 28.2 Å². The zero-order valence-electron chi connectivity index (χ0n) is 73.0. The van der Waals surface area contributed by atoms with Crippen LogP contribution in [-0.2, 0) is 74.4 Å². The Hall–Kier alpha value is -4.40. The van der Waals surface area contributed by atoms with E-state index in [9.17, 15) is 33.9 Å². The van der Waals surface area contributed by atoms with Crippen LogP contribution in [0.15, 0.2) is 12.1 Å². The first-order valence-corrected chi connectivity index (χ1v) is 39.6. The molecule has 6 aliphatic rings. The van der Waals surface area contributed by atoms with Gasteiger partial charge in [0.15, 0.2) is 5.41 Å². The highest BCUT2D eigenvalue weighted by atomic mass is 16.6. The number of esters is 6. The Labute approximate surface area is 637 Å². The van der Waals surface area contributed by atoms with Gasteiger partial charge in [-0.3, -0.25) is 48.4 Å². The molecule has 19 nitrogen and oxygen atoms in total. The van der Waals surface area contributed by atoms with Crippen molar-refractivity contribution in [3.8, 4) is 5.75 Å². The number of likely N-dealkylation sites (tertiary alicyclic amines) is 4. The average molecular weight is 1480 g/mol. The van der Waals surface area contributed by atoms with Gasteiger partial charge in [-0.1, -0.05) is 73.4 Å². The number of benzene rings is 1. The third-order valence-corrected chi connectivity index (χ3v) is 24.7. The maximum Gasteiger partial charge on any atom is 0.324 e. The minimum Gasteiger partial charge on any atom is -0.507 e. The van der Waals surface area contributed by atoms with Crippen molar-refractivity contribution in [2.24, 2.45) is 5.41 Å². The second-order valence-corrected chi connectivity index (χ2v) is 42.7. The number of nitrogens with zero attached hydrogens (tertiary/aromatic N) is 4. The van der Waals surface area contributed by atoms with Gasteiger partial charge < -0.3 is 44.2 Å². The molecule has 1 aromatic rings. The van der Waals surface area contributed by atoms with Crippen LogP contribution in [0.5, 0.6) is 5.75 Å². The van der Waals surface area contributed by atoms with Gasteiger partial charge in [-0.05, 0) is 235 Å². The van der Waals surface area contributed by atoms with E-state index in [0.717, 1.165) is 74.5 Å². The third kappa shape index (κ3) is 24.3. The molecule has 0 amide bonds. The van der Waals surface area contributed by atoms with E-state index in [1.165, 1.54) is 0 Å². The Bertz CT molecular complexity index is 2910. The average Bonchev–Trinajstić information content (AvgIpc) is 0.785. The van der Waals surface area contributed by atoms with E-state index in [1.54, 1.807) is 0 Å². The van der Waals surface area contributed by atoms with Gasteiger partial charge in [-0.2, -0.15) is 0 Å². The molecule has 6 aliphatic heterocycles. The van der Waals surface area contributed by atoms with E-state index in [2.05, 4.69) is 273 Å². The van der Waals surface area contributed by atoms with Crippen LogP contribution in [0.2, 0.25) is 0 Å². The number of hydrogen-bond donors (Lipinski definition) is 3. The zero-order chi connectivity index (χ0) is 80.8. The lowest BCUT2D eigenvalue weighted by atomic mass is 9.73. The highest BCUT2D eigenvalue weighted by Gasteiger charge is 2.55. The fourth-order valence-electron chi connectivity index (χ4n) is 19.0. The molecular formula is C86H152N6O13. The van der Waals surface area contributed by atoms with E-state index >= 15 is 0 Å². The maximum atomic E-state index is 15.0. The van der Waals surface area contributed by atoms with Crippen LogP contribution in [0.1, 0.15) is 340 Å². The van der Waals surface area contributed by atoms with E-state index in [0.29, 0.717) is 38.5 Å². The van der Waals surface area contributed by atoms with Crippen molar-refractivity contribution in [3.63, 3.8) is 0 Å². The smallest absolute Gasteiger partial charge is 0.324 e. The molecule has 0 radical (unpaired) electrons. The molecule has 0 saturated carbocycles. The largest absolute Gasteiger partial charge is 0.507 e. The van der Waals surface area contributed by atoms with Gasteiger partial charge >= 0.3 is 35.8 Å². The molecule has 0 bridgehead atoms. The number of carbonyl (C=O) groups excluding carboxylic acids is 6. The topological polar surface area (TPSA) is 215 Å². The van der Waals surface area contributed by atoms with Crippen LogP contribution in [0.4, 0.5) is 0 Å². The van der Waals surface area contributed by atoms with Crippen LogP contribution in [0, 0.1) is 5.41 Å². The predicted octanol–water partition coefficient (Wildman–Crippen LogP) is 15.9. The number of aromatic hydroxyl groups is 1. The zero-order valence-corrected chi connectivity index (χ0v) is 73.0. The van der Waals surface area contributed by atoms with Crippen LogP contribution >= 0.6 is 0 Å². The summed E-state index contributed by atoms with van der Waals surface area (Å²) in [6.07, 6.45) is 8.57. The first kappa shape index (κ1) is 91.2. The Morgan fingerprint density at radius 3 is 0.800 bits per heavy atom. The molecule has 3 N–H and O–H groups in total. The number of hydrogen-bond acceptors (Lipinski definition) is 19. The number of rotatable bonds is 17. The molecule has 0 spiro atoms. The van der Waals surface area contributed by atoms with Crippen molar-refractivity contribution in [1.82, 2.24) is 30.2 Å². The van der Waals surface area contributed by atoms with Crippen molar-refractivity contribution < 1.29 is 62.3 Å². The molecule has 0 aliphatic carbocycles. The van der Waals surface area contributed by atoms with E-state index < -0.39 is 41.2 Å². The van der Waals surface area contributed by atoms with Gasteiger partial charge in [0.05, 0.1) is 0 Å². The molecule has 7 rings (SSSR count). The monoisotopic (exact) mass is 1480 g/mol. The number of nitrogens with one attached hydrogen (secondary N) is 2. The molecule has 0 aromatic heterocycles. The summed E-state index contributed by atoms with van der Waals surface area (Å²) in [6.45, 7) is 66.2. The normalized spacial score (nSPS) is 24.8. The summed E-state index contributed by atoms with van der Waals surface area (Å²) in [4.78, 5) is 88.8. The fraction of sp³-hybridized carbons (Fsp3) is 0.860. The summed E-state index contributed by atoms with van der Waals surface area (Å²) < 4.78 is 35.7. The predicted molar refractivity (Wildman–Crippen MR) is 421 cm³/mol. The van der Waals surface area contributed by atoms with Gasteiger partial charge in [0.25, 0.3) is 0 Å². The second kappa shape index (κ2) is 32.1. The number of piperidine rings is 6. The molecule has 19 heteroatoms. The Morgan fingerprint density at radius 1 is 0.381 bits per heavy atom. The molecule has 1 aromatic carbocycles. The molecule has 0 unspecified atom stereocenters. The standard InChI is InChI=1S/C42H72N2O5.C23H42N2O4.C21H38N2O4/c1-18-19-20-42(34(46)48-29-24-38(8,9)43(16)39(10,11)25-29,35(47)49-30-26-40(12,13)44(17)41(14,15)27-30)23-28-21-31(36(2,3)4)33(45)32(22-28)37(5,6)7;1-20(2)12-16(13-21(3,4)24(20)9)28-18(26)11-19(27)29-17-14-22(5,6)25(10)23(7,8)15-17;1-18(2)10-14(11-19(3,4)22-18)26-16(24)9-17(25)27-15-12-20(5,6)23-21(7,8)13-15/h21-22,29-30,45H,18-20,23-27H2,1-17H3;16-17H,11-15H2,1-10H3;14-15,22-23H,9-13H2,1-8H3. The van der Waals surface area contributed by atoms with Gasteiger partial charge in [-0.25, -0.2) is 0 Å². The fourth-order valence-corrected chi connectivity index (χ4v) is 19.0. The van der Waals surface area contributed by atoms with Gasteiger partial charge in [-0.15, -0.1) is 0 Å². The van der Waals surface area contributed by atoms with E-state index in [1.807, 2.05) is 12.1 Å². The number of phenolic OH excluding ortho intramolecular Hbond substituents is 1. The highest BCUT2D eigenvalue weighted by Crippen LogP contribution is 2.47. The van der Waals surface area contributed by atoms with E-state index in [-0.39, 0.29) is 139 Å². The second-order valence-electron chi connectivity index (χ2n) is 42.7. The lowest BCUT2D eigenvalue weighted by molar-refractivity contribution is -0.188. The van der Waals surface area contributed by atoms with Crippen molar-refractivity contribution >= 4 is 35.8 Å². The van der Waals surface area contributed by atoms with Crippen LogP contribution in [-0.4, -0.2) is 192 Å². The van der Waals surface area contributed by atoms with Crippen LogP contribution in [0.25, 0.3) is 0 Å². The first-order chi connectivity index (χ1) is 47.0. The highest BCUT2D eigenvalue weighted by molar-refractivity contribution is 6.00. The van der Waals surface area contributed by atoms with Gasteiger partial charge in [0.2, 0.25) is 0 Å². The molecular weight excluding hydrogens is 1320 g/mol. The lowest BCUT2D eigenvalue weighted by Crippen LogP contribution is -2.61. The molecule has 6 fully saturated rings. The first-order valence-electron chi connectivity index (χ1n) is 39.6. The molecule has 6 heterocycles. The summed E-state index contributed by atoms with van der Waals surface area (Å²) >= 11 is 0. The Balaban J connectivity index is 0.000000302. The third-order valence-electron chi connectivity index (χ3n) is 24.7. The summed E-state index contributed by atoms with van der Waals surface area (Å²) in [5.41, 5.74) is -1.29.